The van der Waals surface area contributed by atoms with Crippen LogP contribution >= 0.6 is 27.5 Å². The van der Waals surface area contributed by atoms with E-state index in [4.69, 9.17) is 11.6 Å². The highest BCUT2D eigenvalue weighted by atomic mass is 79.9. The number of hydrogen-bond acceptors (Lipinski definition) is 5. The smallest absolute Gasteiger partial charge is 0.360 e. The van der Waals surface area contributed by atoms with Gasteiger partial charge in [-0.15, -0.1) is 0 Å². The van der Waals surface area contributed by atoms with Crippen LogP contribution in [0.4, 0.5) is 14.5 Å². The molecule has 3 aromatic carbocycles. The zero-order valence-corrected chi connectivity index (χ0v) is 25.7. The van der Waals surface area contributed by atoms with Crippen LogP contribution in [-0.2, 0) is 24.4 Å². The van der Waals surface area contributed by atoms with Gasteiger partial charge in [0.05, 0.1) is 29.6 Å². The molecule has 6 rings (SSSR count). The van der Waals surface area contributed by atoms with E-state index >= 15 is 0 Å². The first-order valence-electron chi connectivity index (χ1n) is 13.9. The molecule has 44 heavy (non-hydrogen) atoms. The van der Waals surface area contributed by atoms with Gasteiger partial charge in [-0.2, -0.15) is 8.78 Å². The number of ether oxygens (including phenoxy) is 1. The lowest BCUT2D eigenvalue weighted by Gasteiger charge is -2.33. The fourth-order valence-electron chi connectivity index (χ4n) is 5.46. The number of morpholine rings is 1. The van der Waals surface area contributed by atoms with Crippen molar-refractivity contribution in [3.63, 3.8) is 0 Å². The minimum absolute atomic E-state index is 0.0176. The van der Waals surface area contributed by atoms with E-state index in [2.05, 4.69) is 26.0 Å². The molecule has 1 saturated heterocycles. The molecule has 0 bridgehead atoms. The molecule has 1 fully saturated rings. The standard InChI is InChI=1S/C31H27BrClF2N5O4/c32-24-11-6-21(16-25(24)33)29(42)37-12-13-39-26(18-37)27(28(41)36-17-20-4-2-1-3-5-20)40(30(39)43)23-9-7-22(8-10-23)38-14-15-44-31(34,35)19-38/h1-11,16H,12-15,17-19H2,(H,36,41). The molecule has 4 aromatic rings. The van der Waals surface area contributed by atoms with Crippen LogP contribution in [0.3, 0.4) is 0 Å². The minimum atomic E-state index is -3.26. The normalized spacial score (nSPS) is 16.0. The van der Waals surface area contributed by atoms with E-state index in [-0.39, 0.29) is 50.9 Å². The molecule has 0 aliphatic carbocycles. The number of amides is 2. The quantitative estimate of drug-likeness (QED) is 0.306. The molecule has 0 atom stereocenters. The summed E-state index contributed by atoms with van der Waals surface area (Å²) >= 11 is 9.56. The molecular formula is C31H27BrClF2N5O4. The lowest BCUT2D eigenvalue weighted by atomic mass is 10.1. The molecule has 1 N–H and O–H groups in total. The number of carbonyl (C=O) groups excluding carboxylic acids is 2. The highest BCUT2D eigenvalue weighted by molar-refractivity contribution is 9.10. The fraction of sp³-hybridized carbons (Fsp3) is 0.258. The predicted octanol–water partition coefficient (Wildman–Crippen LogP) is 5.07. The van der Waals surface area contributed by atoms with Gasteiger partial charge in [-0.25, -0.2) is 4.79 Å². The van der Waals surface area contributed by atoms with Gasteiger partial charge in [-0.3, -0.25) is 18.7 Å². The summed E-state index contributed by atoms with van der Waals surface area (Å²) in [4.78, 5) is 44.1. The second kappa shape index (κ2) is 12.2. The third kappa shape index (κ3) is 6.01. The molecule has 2 aliphatic heterocycles. The Morgan fingerprint density at radius 2 is 1.70 bits per heavy atom. The first kappa shape index (κ1) is 30.0. The second-order valence-corrected chi connectivity index (χ2v) is 11.8. The van der Waals surface area contributed by atoms with Crippen molar-refractivity contribution >= 4 is 45.0 Å². The Kier molecular flexibility index (Phi) is 8.32. The third-order valence-electron chi connectivity index (χ3n) is 7.67. The van der Waals surface area contributed by atoms with E-state index in [9.17, 15) is 23.2 Å². The van der Waals surface area contributed by atoms with Crippen LogP contribution in [0, 0.1) is 0 Å². The van der Waals surface area contributed by atoms with Crippen molar-refractivity contribution in [2.45, 2.75) is 25.7 Å². The highest BCUT2D eigenvalue weighted by Crippen LogP contribution is 2.28. The number of imidazole rings is 1. The van der Waals surface area contributed by atoms with E-state index in [1.165, 1.54) is 14.0 Å². The van der Waals surface area contributed by atoms with Crippen LogP contribution in [0.2, 0.25) is 5.02 Å². The Bertz CT molecular complexity index is 1780. The lowest BCUT2D eigenvalue weighted by molar-refractivity contribution is -0.240. The number of aromatic nitrogens is 2. The van der Waals surface area contributed by atoms with Crippen LogP contribution in [0.5, 0.6) is 0 Å². The largest absolute Gasteiger partial charge is 0.373 e. The Morgan fingerprint density at radius 1 is 0.977 bits per heavy atom. The molecule has 2 amide bonds. The average Bonchev–Trinajstić information content (AvgIpc) is 3.32. The fourth-order valence-corrected chi connectivity index (χ4v) is 5.89. The molecule has 3 heterocycles. The number of anilines is 1. The molecule has 0 unspecified atom stereocenters. The van der Waals surface area contributed by atoms with E-state index in [0.717, 1.165) is 5.56 Å². The average molecular weight is 687 g/mol. The molecule has 1 aromatic heterocycles. The maximum absolute atomic E-state index is 13.8. The van der Waals surface area contributed by atoms with Gasteiger partial charge in [0, 0.05) is 41.9 Å². The Labute approximate surface area is 264 Å². The van der Waals surface area contributed by atoms with Crippen molar-refractivity contribution in [1.29, 1.82) is 0 Å². The number of alkyl halides is 2. The third-order valence-corrected chi connectivity index (χ3v) is 8.90. The van der Waals surface area contributed by atoms with E-state index in [0.29, 0.717) is 32.1 Å². The summed E-state index contributed by atoms with van der Waals surface area (Å²) in [6.45, 7) is 0.249. The summed E-state index contributed by atoms with van der Waals surface area (Å²) in [6.07, 6.45) is -3.26. The van der Waals surface area contributed by atoms with Gasteiger partial charge in [0.25, 0.3) is 11.8 Å². The van der Waals surface area contributed by atoms with Crippen LogP contribution < -0.4 is 15.9 Å². The molecule has 0 saturated carbocycles. The number of nitrogens with zero attached hydrogens (tertiary/aromatic N) is 4. The van der Waals surface area contributed by atoms with Crippen molar-refractivity contribution < 1.29 is 23.1 Å². The van der Waals surface area contributed by atoms with Crippen molar-refractivity contribution in [3.05, 3.63) is 115 Å². The molecular weight excluding hydrogens is 660 g/mol. The lowest BCUT2D eigenvalue weighted by Crippen LogP contribution is -2.46. The van der Waals surface area contributed by atoms with Crippen LogP contribution in [0.15, 0.2) is 82.1 Å². The summed E-state index contributed by atoms with van der Waals surface area (Å²) in [5, 5.41) is 3.30. The van der Waals surface area contributed by atoms with Crippen molar-refractivity contribution in [1.82, 2.24) is 19.4 Å². The van der Waals surface area contributed by atoms with Gasteiger partial charge in [0.2, 0.25) is 0 Å². The number of nitrogens with one attached hydrogen (secondary N) is 1. The Hall–Kier alpha value is -4.00. The molecule has 0 radical (unpaired) electrons. The summed E-state index contributed by atoms with van der Waals surface area (Å²) in [7, 11) is 0. The monoisotopic (exact) mass is 685 g/mol. The number of halogens is 4. The van der Waals surface area contributed by atoms with Gasteiger partial charge in [-0.05, 0) is 64.0 Å². The highest BCUT2D eigenvalue weighted by Gasteiger charge is 2.37. The molecule has 9 nitrogen and oxygen atoms in total. The van der Waals surface area contributed by atoms with Crippen molar-refractivity contribution in [2.75, 3.05) is 31.1 Å². The number of carbonyl (C=O) groups is 2. The summed E-state index contributed by atoms with van der Waals surface area (Å²) in [6, 6.07) is 20.8. The molecule has 0 spiro atoms. The van der Waals surface area contributed by atoms with Crippen LogP contribution in [-0.4, -0.2) is 58.2 Å². The maximum Gasteiger partial charge on any atom is 0.373 e. The van der Waals surface area contributed by atoms with Crippen LogP contribution in [0.1, 0.15) is 32.1 Å². The SMILES string of the molecule is O=C(NCc1ccccc1)c1c2n(c(=O)n1-c1ccc(N3CCOC(F)(F)C3)cc1)CCN(C(=O)c1ccc(Br)c(Cl)c1)C2. The molecule has 2 aliphatic rings. The second-order valence-electron chi connectivity index (χ2n) is 10.5. The van der Waals surface area contributed by atoms with Gasteiger partial charge in [0.1, 0.15) is 12.2 Å². The topological polar surface area (TPSA) is 88.8 Å². The number of fused-ring (bicyclic) bond motifs is 1. The molecule has 228 valence electrons. The zero-order chi connectivity index (χ0) is 31.0. The maximum atomic E-state index is 13.8. The van der Waals surface area contributed by atoms with Gasteiger partial charge in [-0.1, -0.05) is 41.9 Å². The van der Waals surface area contributed by atoms with Gasteiger partial charge < -0.3 is 19.9 Å². The number of benzene rings is 3. The minimum Gasteiger partial charge on any atom is -0.360 e. The van der Waals surface area contributed by atoms with Crippen LogP contribution in [0.25, 0.3) is 5.69 Å². The molecule has 13 heteroatoms. The van der Waals surface area contributed by atoms with Crippen molar-refractivity contribution in [2.24, 2.45) is 0 Å². The Morgan fingerprint density at radius 3 is 2.41 bits per heavy atom. The number of rotatable bonds is 6. The van der Waals surface area contributed by atoms with E-state index in [1.54, 1.807) is 47.4 Å². The summed E-state index contributed by atoms with van der Waals surface area (Å²) in [5.41, 5.74) is 2.24. The van der Waals surface area contributed by atoms with E-state index in [1.807, 2.05) is 30.3 Å². The predicted molar refractivity (Wildman–Crippen MR) is 165 cm³/mol. The summed E-state index contributed by atoms with van der Waals surface area (Å²) in [5.74, 6) is -0.772. The Balaban J connectivity index is 1.35. The van der Waals surface area contributed by atoms with E-state index < -0.39 is 24.3 Å². The number of hydrogen-bond donors (Lipinski definition) is 1. The first-order valence-corrected chi connectivity index (χ1v) is 15.1. The van der Waals surface area contributed by atoms with Gasteiger partial charge in [0.15, 0.2) is 0 Å². The zero-order valence-electron chi connectivity index (χ0n) is 23.3. The first-order chi connectivity index (χ1) is 21.1. The van der Waals surface area contributed by atoms with Crippen molar-refractivity contribution in [3.8, 4) is 5.69 Å². The summed E-state index contributed by atoms with van der Waals surface area (Å²) < 4.78 is 35.7. The van der Waals surface area contributed by atoms with Gasteiger partial charge >= 0.3 is 11.8 Å².